The Bertz CT molecular complexity index is 1190. The third-order valence-electron chi connectivity index (χ3n) is 9.72. The van der Waals surface area contributed by atoms with Gasteiger partial charge in [0.05, 0.1) is 23.1 Å². The Balaban J connectivity index is 1.20. The highest BCUT2D eigenvalue weighted by Gasteiger charge is 2.75. The van der Waals surface area contributed by atoms with Crippen LogP contribution >= 0.6 is 0 Å². The maximum absolute atomic E-state index is 12.5. The number of amides is 2. The van der Waals surface area contributed by atoms with Gasteiger partial charge in [0.2, 0.25) is 5.91 Å². The van der Waals surface area contributed by atoms with Crippen LogP contribution in [0.1, 0.15) is 57.9 Å². The zero-order chi connectivity index (χ0) is 24.8. The van der Waals surface area contributed by atoms with E-state index in [1.807, 2.05) is 28.9 Å². The van der Waals surface area contributed by atoms with Gasteiger partial charge >= 0.3 is 6.09 Å². The molecular formula is C26H35N3O5S. The van der Waals surface area contributed by atoms with Gasteiger partial charge in [0, 0.05) is 36.9 Å². The van der Waals surface area contributed by atoms with E-state index in [4.69, 9.17) is 4.74 Å². The van der Waals surface area contributed by atoms with Crippen molar-refractivity contribution in [3.8, 4) is 0 Å². The van der Waals surface area contributed by atoms with Gasteiger partial charge in [0.1, 0.15) is 0 Å². The number of carbonyl (C=O) groups excluding carboxylic acids is 2. The minimum Gasteiger partial charge on any atom is -0.450 e. The molecule has 0 N–H and O–H groups in total. The molecule has 2 amide bonds. The number of rotatable bonds is 3. The summed E-state index contributed by atoms with van der Waals surface area (Å²) < 4.78 is 29.9. The Hall–Kier alpha value is -2.13. The molecule has 4 atom stereocenters. The second kappa shape index (κ2) is 7.68. The summed E-state index contributed by atoms with van der Waals surface area (Å²) in [4.78, 5) is 31.7. The van der Waals surface area contributed by atoms with Crippen LogP contribution in [-0.4, -0.2) is 80.3 Å². The van der Waals surface area contributed by atoms with Crippen molar-refractivity contribution in [3.05, 3.63) is 23.8 Å². The Labute approximate surface area is 207 Å². The summed E-state index contributed by atoms with van der Waals surface area (Å²) in [5, 5.41) is 0. The monoisotopic (exact) mass is 501 g/mol. The largest absolute Gasteiger partial charge is 0.450 e. The molecular weight excluding hydrogens is 466 g/mol. The first-order valence-corrected chi connectivity index (χ1v) is 14.8. The Morgan fingerprint density at radius 1 is 1.17 bits per heavy atom. The minimum atomic E-state index is -3.33. The Morgan fingerprint density at radius 2 is 1.91 bits per heavy atom. The molecule has 9 heteroatoms. The maximum atomic E-state index is 12.5. The van der Waals surface area contributed by atoms with Crippen molar-refractivity contribution in [1.29, 1.82) is 0 Å². The molecule has 8 nitrogen and oxygen atoms in total. The van der Waals surface area contributed by atoms with Crippen LogP contribution in [0, 0.1) is 5.92 Å². The Morgan fingerprint density at radius 3 is 2.57 bits per heavy atom. The summed E-state index contributed by atoms with van der Waals surface area (Å²) in [6.07, 6.45) is 7.35. The molecule has 4 fully saturated rings. The fraction of sp³-hybridized carbons (Fsp3) is 0.692. The second-order valence-electron chi connectivity index (χ2n) is 11.3. The molecule has 1 aromatic carbocycles. The SMILES string of the molecule is CCOC(=O)N1C2CCC3CC(N4CCC5(CC4)CN(C(C)=O)c4ccc(S(C)(=O)=O)cc45)CC321. The van der Waals surface area contributed by atoms with Crippen molar-refractivity contribution in [2.75, 3.05) is 37.4 Å². The molecule has 2 spiro atoms. The standard InChI is InChI=1S/C26H35N3O5S/c1-4-34-24(31)29-23-8-5-18-13-19(15-26(18,23)29)27-11-9-25(10-12-27)16-28(17(2)30)22-7-6-20(14-21(22)25)35(3,32)33/h6-7,14,18-19,23H,4-5,8-13,15-16H2,1-3H3. The number of sulfone groups is 1. The lowest BCUT2D eigenvalue weighted by atomic mass is 9.74. The molecule has 3 aliphatic heterocycles. The molecule has 0 aromatic heterocycles. The average molecular weight is 502 g/mol. The van der Waals surface area contributed by atoms with E-state index in [-0.39, 0.29) is 23.0 Å². The highest BCUT2D eigenvalue weighted by atomic mass is 32.2. The number of benzene rings is 1. The fourth-order valence-corrected chi connectivity index (χ4v) is 8.70. The first-order chi connectivity index (χ1) is 16.6. The van der Waals surface area contributed by atoms with E-state index in [0.29, 0.717) is 36.0 Å². The summed E-state index contributed by atoms with van der Waals surface area (Å²) in [6, 6.07) is 6.06. The number of carbonyl (C=O) groups is 2. The fourth-order valence-electron chi connectivity index (χ4n) is 8.05. The molecule has 4 unspecified atom stereocenters. The molecule has 6 rings (SSSR count). The Kier molecular flexibility index (Phi) is 5.11. The van der Waals surface area contributed by atoms with Gasteiger partial charge in [0.25, 0.3) is 0 Å². The molecule has 5 aliphatic rings. The minimum absolute atomic E-state index is 0.000731. The number of fused-ring (bicyclic) bond motifs is 2. The molecule has 190 valence electrons. The van der Waals surface area contributed by atoms with Crippen LogP contribution in [0.5, 0.6) is 0 Å². The van der Waals surface area contributed by atoms with Crippen molar-refractivity contribution in [2.24, 2.45) is 5.92 Å². The van der Waals surface area contributed by atoms with Gasteiger partial charge in [-0.15, -0.1) is 0 Å². The molecule has 35 heavy (non-hydrogen) atoms. The molecule has 3 heterocycles. The quantitative estimate of drug-likeness (QED) is 0.592. The van der Waals surface area contributed by atoms with E-state index in [9.17, 15) is 18.0 Å². The van der Waals surface area contributed by atoms with Gasteiger partial charge in [-0.3, -0.25) is 9.69 Å². The molecule has 1 aromatic rings. The normalized spacial score (nSPS) is 32.9. The molecule has 0 radical (unpaired) electrons. The van der Waals surface area contributed by atoms with E-state index in [1.54, 1.807) is 13.0 Å². The van der Waals surface area contributed by atoms with Crippen LogP contribution in [0.4, 0.5) is 10.5 Å². The van der Waals surface area contributed by atoms with Gasteiger partial charge in [0.15, 0.2) is 9.84 Å². The van der Waals surface area contributed by atoms with Crippen LogP contribution in [0.15, 0.2) is 23.1 Å². The predicted molar refractivity (Wildman–Crippen MR) is 131 cm³/mol. The van der Waals surface area contributed by atoms with Crippen LogP contribution < -0.4 is 4.90 Å². The number of hydrogen-bond acceptors (Lipinski definition) is 6. The lowest BCUT2D eigenvalue weighted by Crippen LogP contribution is -2.48. The number of hydrogen-bond donors (Lipinski definition) is 0. The lowest BCUT2D eigenvalue weighted by Gasteiger charge is -2.42. The van der Waals surface area contributed by atoms with Crippen molar-refractivity contribution in [2.45, 2.75) is 80.3 Å². The van der Waals surface area contributed by atoms with Crippen LogP contribution in [0.25, 0.3) is 0 Å². The smallest absolute Gasteiger partial charge is 0.410 e. The zero-order valence-electron chi connectivity index (χ0n) is 20.8. The molecule has 2 aliphatic carbocycles. The third-order valence-corrected chi connectivity index (χ3v) is 10.8. The highest BCUT2D eigenvalue weighted by Crippen LogP contribution is 2.65. The zero-order valence-corrected chi connectivity index (χ0v) is 21.6. The van der Waals surface area contributed by atoms with E-state index in [1.165, 1.54) is 12.7 Å². The van der Waals surface area contributed by atoms with E-state index >= 15 is 0 Å². The van der Waals surface area contributed by atoms with Gasteiger partial charge in [-0.1, -0.05) is 0 Å². The van der Waals surface area contributed by atoms with E-state index < -0.39 is 9.84 Å². The average Bonchev–Trinajstić information content (AvgIpc) is 3.07. The van der Waals surface area contributed by atoms with Crippen molar-refractivity contribution < 1.29 is 22.7 Å². The molecule has 2 saturated heterocycles. The summed E-state index contributed by atoms with van der Waals surface area (Å²) in [5.41, 5.74) is 1.68. The van der Waals surface area contributed by atoms with Crippen molar-refractivity contribution in [3.63, 3.8) is 0 Å². The van der Waals surface area contributed by atoms with E-state index in [2.05, 4.69) is 4.90 Å². The number of piperidine rings is 2. The van der Waals surface area contributed by atoms with Gasteiger partial charge < -0.3 is 14.5 Å². The van der Waals surface area contributed by atoms with Crippen LogP contribution in [0.2, 0.25) is 0 Å². The van der Waals surface area contributed by atoms with Crippen molar-refractivity contribution in [1.82, 2.24) is 9.80 Å². The van der Waals surface area contributed by atoms with Gasteiger partial charge in [-0.05, 0) is 88.2 Å². The second-order valence-corrected chi connectivity index (χ2v) is 13.3. The highest BCUT2D eigenvalue weighted by molar-refractivity contribution is 7.90. The van der Waals surface area contributed by atoms with Crippen LogP contribution in [0.3, 0.4) is 0 Å². The number of ether oxygens (including phenoxy) is 1. The van der Waals surface area contributed by atoms with Gasteiger partial charge in [-0.25, -0.2) is 13.2 Å². The van der Waals surface area contributed by atoms with E-state index in [0.717, 1.165) is 56.4 Å². The number of nitrogens with zero attached hydrogens (tertiary/aromatic N) is 3. The molecule has 2 saturated carbocycles. The summed E-state index contributed by atoms with van der Waals surface area (Å²) >= 11 is 0. The summed E-state index contributed by atoms with van der Waals surface area (Å²) in [5.74, 6) is 0.565. The topological polar surface area (TPSA) is 87.0 Å². The third kappa shape index (κ3) is 3.30. The number of anilines is 1. The summed E-state index contributed by atoms with van der Waals surface area (Å²) in [7, 11) is -3.33. The lowest BCUT2D eigenvalue weighted by molar-refractivity contribution is -0.116. The van der Waals surface area contributed by atoms with Crippen LogP contribution in [-0.2, 0) is 24.8 Å². The first kappa shape index (κ1) is 23.3. The predicted octanol–water partition coefficient (Wildman–Crippen LogP) is 2.94. The summed E-state index contributed by atoms with van der Waals surface area (Å²) in [6.45, 7) is 6.33. The molecule has 0 bridgehead atoms. The maximum Gasteiger partial charge on any atom is 0.410 e. The van der Waals surface area contributed by atoms with Gasteiger partial charge in [-0.2, -0.15) is 0 Å². The first-order valence-electron chi connectivity index (χ1n) is 12.9. The van der Waals surface area contributed by atoms with Crippen molar-refractivity contribution >= 4 is 27.5 Å². The number of likely N-dealkylation sites (tertiary alicyclic amines) is 2.